The summed E-state index contributed by atoms with van der Waals surface area (Å²) in [7, 11) is 6.01. The molecule has 0 saturated heterocycles. The van der Waals surface area contributed by atoms with Crippen LogP contribution in [0.25, 0.3) is 0 Å². The number of benzene rings is 4. The SMILES string of the molecule is CCC(C)(Pc1ccc(F)cc1N(C)C)c1cc(Cc2ccccc2)cc(Cc2ccccc2)c1OCOC. The number of hydrogen-bond donors (Lipinski definition) is 0. The van der Waals surface area contributed by atoms with E-state index in [0.717, 1.165) is 41.6 Å². The summed E-state index contributed by atoms with van der Waals surface area (Å²) in [6, 6.07) is 30.8. The van der Waals surface area contributed by atoms with Gasteiger partial charge in [-0.05, 0) is 58.6 Å². The molecule has 204 valence electrons. The molecule has 39 heavy (non-hydrogen) atoms. The van der Waals surface area contributed by atoms with Gasteiger partial charge in [-0.15, -0.1) is 0 Å². The van der Waals surface area contributed by atoms with E-state index in [1.165, 1.54) is 22.3 Å². The number of methoxy groups -OCH3 is 1. The third-order valence-corrected chi connectivity index (χ3v) is 9.06. The molecule has 2 atom stereocenters. The van der Waals surface area contributed by atoms with Crippen LogP contribution in [0.3, 0.4) is 0 Å². The van der Waals surface area contributed by atoms with Crippen molar-refractivity contribution in [3.05, 3.63) is 125 Å². The van der Waals surface area contributed by atoms with Crippen LogP contribution in [0.2, 0.25) is 0 Å². The van der Waals surface area contributed by atoms with Gasteiger partial charge in [0.25, 0.3) is 0 Å². The molecule has 0 N–H and O–H groups in total. The zero-order chi connectivity index (χ0) is 27.8. The largest absolute Gasteiger partial charge is 0.467 e. The lowest BCUT2D eigenvalue weighted by atomic mass is 9.88. The van der Waals surface area contributed by atoms with Crippen LogP contribution < -0.4 is 14.9 Å². The van der Waals surface area contributed by atoms with E-state index in [4.69, 9.17) is 9.47 Å². The first-order valence-electron chi connectivity index (χ1n) is 13.4. The van der Waals surface area contributed by atoms with Crippen molar-refractivity contribution >= 4 is 19.6 Å². The molecule has 0 spiro atoms. The molecular formula is C34H39FNO2P. The number of halogens is 1. The topological polar surface area (TPSA) is 21.7 Å². The number of ether oxygens (including phenoxy) is 2. The lowest BCUT2D eigenvalue weighted by Gasteiger charge is -2.34. The first kappa shape index (κ1) is 28.8. The Morgan fingerprint density at radius 3 is 2.05 bits per heavy atom. The van der Waals surface area contributed by atoms with E-state index in [-0.39, 0.29) is 17.8 Å². The highest BCUT2D eigenvalue weighted by atomic mass is 31.1. The maximum atomic E-state index is 14.2. The number of nitrogens with zero attached hydrogens (tertiary/aromatic N) is 1. The molecule has 5 heteroatoms. The second-order valence-corrected chi connectivity index (χ2v) is 12.3. The van der Waals surface area contributed by atoms with Crippen molar-refractivity contribution in [3.8, 4) is 5.75 Å². The Hall–Kier alpha value is -3.20. The number of anilines is 1. The molecule has 0 aliphatic heterocycles. The Labute approximate surface area is 234 Å². The zero-order valence-electron chi connectivity index (χ0n) is 23.6. The highest BCUT2D eigenvalue weighted by molar-refractivity contribution is 7.49. The summed E-state index contributed by atoms with van der Waals surface area (Å²) in [5.41, 5.74) is 7.00. The van der Waals surface area contributed by atoms with Gasteiger partial charge < -0.3 is 14.4 Å². The molecule has 0 fully saturated rings. The Balaban J connectivity index is 1.87. The minimum atomic E-state index is -0.232. The van der Waals surface area contributed by atoms with Gasteiger partial charge in [0.15, 0.2) is 6.79 Å². The molecule has 0 heterocycles. The second-order valence-electron chi connectivity index (χ2n) is 10.4. The molecule has 4 rings (SSSR count). The lowest BCUT2D eigenvalue weighted by Crippen LogP contribution is -2.24. The third kappa shape index (κ3) is 7.26. The summed E-state index contributed by atoms with van der Waals surface area (Å²) in [6.07, 6.45) is 2.50. The summed E-state index contributed by atoms with van der Waals surface area (Å²) in [6.45, 7) is 4.71. The fourth-order valence-electron chi connectivity index (χ4n) is 4.96. The molecule has 0 amide bonds. The minimum absolute atomic E-state index is 0.176. The van der Waals surface area contributed by atoms with Crippen LogP contribution in [0.1, 0.15) is 48.1 Å². The van der Waals surface area contributed by atoms with Crippen LogP contribution in [0.15, 0.2) is 91.0 Å². The summed E-state index contributed by atoms with van der Waals surface area (Å²) in [5, 5.41) is 0.908. The van der Waals surface area contributed by atoms with Crippen LogP contribution in [0.4, 0.5) is 10.1 Å². The number of rotatable bonds is 12. The third-order valence-electron chi connectivity index (χ3n) is 7.19. The van der Waals surface area contributed by atoms with Crippen molar-refractivity contribution in [2.75, 3.05) is 32.9 Å². The van der Waals surface area contributed by atoms with Gasteiger partial charge in [0.1, 0.15) is 11.6 Å². The van der Waals surface area contributed by atoms with Gasteiger partial charge in [0.05, 0.1) is 0 Å². The monoisotopic (exact) mass is 543 g/mol. The van der Waals surface area contributed by atoms with E-state index in [1.54, 1.807) is 19.2 Å². The van der Waals surface area contributed by atoms with Gasteiger partial charge >= 0.3 is 0 Å². The van der Waals surface area contributed by atoms with Crippen molar-refractivity contribution in [3.63, 3.8) is 0 Å². The first-order chi connectivity index (χ1) is 18.8. The van der Waals surface area contributed by atoms with Gasteiger partial charge in [-0.1, -0.05) is 95.2 Å². The summed E-state index contributed by atoms with van der Waals surface area (Å²) < 4.78 is 26.0. The molecule has 4 aromatic rings. The van der Waals surface area contributed by atoms with Crippen LogP contribution >= 0.6 is 8.58 Å². The van der Waals surface area contributed by atoms with Gasteiger partial charge in [0, 0.05) is 44.0 Å². The summed E-state index contributed by atoms with van der Waals surface area (Å²) in [5.74, 6) is 0.674. The molecule has 4 aromatic carbocycles. The molecule has 3 nitrogen and oxygen atoms in total. The highest BCUT2D eigenvalue weighted by Gasteiger charge is 2.32. The predicted octanol–water partition coefficient (Wildman–Crippen LogP) is 7.69. The Kier molecular flexibility index (Phi) is 9.78. The summed E-state index contributed by atoms with van der Waals surface area (Å²) >= 11 is 0. The fourth-order valence-corrected chi connectivity index (χ4v) is 6.64. The van der Waals surface area contributed by atoms with Crippen LogP contribution in [0, 0.1) is 5.82 Å². The molecule has 0 aliphatic rings. The first-order valence-corrected chi connectivity index (χ1v) is 14.4. The fraction of sp³-hybridized carbons (Fsp3) is 0.294. The van der Waals surface area contributed by atoms with E-state index in [0.29, 0.717) is 8.58 Å². The van der Waals surface area contributed by atoms with E-state index in [2.05, 4.69) is 80.6 Å². The van der Waals surface area contributed by atoms with Crippen LogP contribution in [-0.2, 0) is 22.7 Å². The maximum Gasteiger partial charge on any atom is 0.188 e. The minimum Gasteiger partial charge on any atom is -0.467 e. The average molecular weight is 544 g/mol. The Morgan fingerprint density at radius 1 is 0.821 bits per heavy atom. The Bertz CT molecular complexity index is 1360. The maximum absolute atomic E-state index is 14.2. The van der Waals surface area contributed by atoms with Crippen molar-refractivity contribution in [2.24, 2.45) is 0 Å². The van der Waals surface area contributed by atoms with E-state index >= 15 is 0 Å². The predicted molar refractivity (Wildman–Crippen MR) is 164 cm³/mol. The smallest absolute Gasteiger partial charge is 0.188 e. The van der Waals surface area contributed by atoms with Crippen molar-refractivity contribution in [1.82, 2.24) is 0 Å². The quantitative estimate of drug-likeness (QED) is 0.135. The van der Waals surface area contributed by atoms with Crippen molar-refractivity contribution in [2.45, 2.75) is 38.3 Å². The highest BCUT2D eigenvalue weighted by Crippen LogP contribution is 2.50. The van der Waals surface area contributed by atoms with Gasteiger partial charge in [-0.3, -0.25) is 0 Å². The van der Waals surface area contributed by atoms with Crippen LogP contribution in [0.5, 0.6) is 5.75 Å². The molecule has 0 aromatic heterocycles. The average Bonchev–Trinajstić information content (AvgIpc) is 2.94. The molecule has 0 bridgehead atoms. The number of hydrogen-bond acceptors (Lipinski definition) is 3. The lowest BCUT2D eigenvalue weighted by molar-refractivity contribution is 0.0494. The van der Waals surface area contributed by atoms with E-state index in [9.17, 15) is 4.39 Å². The summed E-state index contributed by atoms with van der Waals surface area (Å²) in [4.78, 5) is 2.00. The second kappa shape index (κ2) is 13.2. The molecule has 0 radical (unpaired) electrons. The van der Waals surface area contributed by atoms with Crippen molar-refractivity contribution in [1.29, 1.82) is 0 Å². The van der Waals surface area contributed by atoms with E-state index < -0.39 is 0 Å². The van der Waals surface area contributed by atoms with Gasteiger partial charge in [-0.2, -0.15) is 0 Å². The molecule has 0 saturated carbocycles. The standard InChI is InChI=1S/C34H39FNO2P/c1-6-34(2,39-32-18-17-29(35)23-31(32)36(3)4)30-22-27(19-25-13-9-7-10-14-25)21-28(33(30)38-24-37-5)20-26-15-11-8-12-16-26/h7-18,21-23,39H,6,19-20,24H2,1-5H3. The molecule has 2 unspecified atom stereocenters. The van der Waals surface area contributed by atoms with E-state index in [1.807, 2.05) is 31.1 Å². The molecule has 0 aliphatic carbocycles. The van der Waals surface area contributed by atoms with Gasteiger partial charge in [-0.25, -0.2) is 4.39 Å². The Morgan fingerprint density at radius 2 is 1.46 bits per heavy atom. The van der Waals surface area contributed by atoms with Crippen molar-refractivity contribution < 1.29 is 13.9 Å². The van der Waals surface area contributed by atoms with Gasteiger partial charge in [0.2, 0.25) is 0 Å². The zero-order valence-corrected chi connectivity index (χ0v) is 24.6. The normalized spacial score (nSPS) is 13.0. The van der Waals surface area contributed by atoms with Crippen LogP contribution in [-0.4, -0.2) is 28.0 Å². The molecular weight excluding hydrogens is 504 g/mol.